The third-order valence-electron chi connectivity index (χ3n) is 11.2. The van der Waals surface area contributed by atoms with Crippen LogP contribution in [-0.4, -0.2) is 35.3 Å². The first-order valence-electron chi connectivity index (χ1n) is 17.2. The highest BCUT2D eigenvalue weighted by molar-refractivity contribution is 6.32. The number of hydrogen-bond donors (Lipinski definition) is 1. The molecule has 0 aromatic heterocycles. The number of allylic oxidation sites excluding steroid dienone is 2. The van der Waals surface area contributed by atoms with E-state index >= 15 is 4.79 Å². The van der Waals surface area contributed by atoms with Gasteiger partial charge in [0.25, 0.3) is 0 Å². The smallest absolute Gasteiger partial charge is 0.246 e. The predicted molar refractivity (Wildman–Crippen MR) is 194 cm³/mol. The minimum absolute atomic E-state index is 0.138. The zero-order valence-electron chi connectivity index (χ0n) is 27.9. The van der Waals surface area contributed by atoms with E-state index in [4.69, 9.17) is 16.3 Å². The van der Waals surface area contributed by atoms with E-state index in [-0.39, 0.29) is 36.2 Å². The summed E-state index contributed by atoms with van der Waals surface area (Å²) in [5.74, 6) is -5.21. The summed E-state index contributed by atoms with van der Waals surface area (Å²) >= 11 is 6.40. The number of carbonyl (C=O) groups is 4. The van der Waals surface area contributed by atoms with Gasteiger partial charge in [-0.25, -0.2) is 4.90 Å². The average molecular weight is 699 g/mol. The molecule has 0 bridgehead atoms. The molecule has 256 valence electrons. The van der Waals surface area contributed by atoms with Gasteiger partial charge in [-0.05, 0) is 73.2 Å². The van der Waals surface area contributed by atoms with Gasteiger partial charge in [-0.3, -0.25) is 24.1 Å². The van der Waals surface area contributed by atoms with Crippen molar-refractivity contribution in [3.05, 3.63) is 137 Å². The lowest BCUT2D eigenvalue weighted by molar-refractivity contribution is -0.127. The summed E-state index contributed by atoms with van der Waals surface area (Å²) in [6.07, 6.45) is 4.07. The van der Waals surface area contributed by atoms with Crippen LogP contribution in [0.3, 0.4) is 0 Å². The van der Waals surface area contributed by atoms with Crippen LogP contribution in [0.4, 0.5) is 11.4 Å². The highest BCUT2D eigenvalue weighted by atomic mass is 35.5. The Kier molecular flexibility index (Phi) is 7.95. The van der Waals surface area contributed by atoms with Gasteiger partial charge >= 0.3 is 0 Å². The maximum absolute atomic E-state index is 15.4. The summed E-state index contributed by atoms with van der Waals surface area (Å²) in [4.78, 5) is 61.4. The number of rotatable bonds is 7. The van der Waals surface area contributed by atoms with Gasteiger partial charge in [0.2, 0.25) is 23.6 Å². The first-order valence-corrected chi connectivity index (χ1v) is 17.5. The molecule has 0 radical (unpaired) electrons. The fourth-order valence-corrected chi connectivity index (χ4v) is 9.33. The van der Waals surface area contributed by atoms with Gasteiger partial charge in [-0.2, -0.15) is 0 Å². The first-order chi connectivity index (χ1) is 24.7. The SMILES string of the molecule is C=Cc1ccc(N2C(=O)[C@H]3[C@H](CC=C4[C@H]3C[C@H]3C(=O)N(c5cccc(Cl)c5)C(=O)[C@@]3(c3ccccc3)[C@H]4c3cccc(OCC)c3O)C2=O)cc1. The standard InChI is InChI=1S/C42H35ClN2O6/c1-3-24-16-18-27(19-17-24)44-38(47)30-21-20-29-32(35(30)40(44)49)23-33-39(48)45(28-13-8-12-26(43)22-28)41(50)42(33,25-10-6-5-7-11-25)36(29)31-14-9-15-34(37(31)46)51-4-2/h3,5-20,22,30,32-33,35-36,46H,1,4,21,23H2,2H3/t30-,32+,33-,35-,36+,42+/m0/s1. The number of fused-ring (bicyclic) bond motifs is 4. The molecule has 9 heteroatoms. The molecule has 4 aromatic rings. The van der Waals surface area contributed by atoms with Crippen molar-refractivity contribution in [2.24, 2.45) is 23.7 Å². The van der Waals surface area contributed by atoms with E-state index in [2.05, 4.69) is 6.58 Å². The fraction of sp³-hybridized carbons (Fsp3) is 0.238. The summed E-state index contributed by atoms with van der Waals surface area (Å²) in [6.45, 7) is 5.91. The number of anilines is 2. The molecule has 51 heavy (non-hydrogen) atoms. The molecule has 8 rings (SSSR count). The molecule has 1 N–H and O–H groups in total. The maximum atomic E-state index is 15.4. The van der Waals surface area contributed by atoms with Crippen molar-refractivity contribution in [1.29, 1.82) is 0 Å². The summed E-state index contributed by atoms with van der Waals surface area (Å²) in [5.41, 5.74) is 1.93. The Labute approximate surface area is 300 Å². The Morgan fingerprint density at radius 1 is 0.863 bits per heavy atom. The van der Waals surface area contributed by atoms with Crippen LogP contribution in [0.5, 0.6) is 11.5 Å². The molecule has 4 aliphatic rings. The fourth-order valence-electron chi connectivity index (χ4n) is 9.15. The van der Waals surface area contributed by atoms with E-state index in [0.29, 0.717) is 34.1 Å². The zero-order valence-corrected chi connectivity index (χ0v) is 28.6. The average Bonchev–Trinajstić information content (AvgIpc) is 3.53. The molecular weight excluding hydrogens is 664 g/mol. The number of aromatic hydroxyl groups is 1. The van der Waals surface area contributed by atoms with Crippen LogP contribution in [0, 0.1) is 23.7 Å². The molecule has 0 unspecified atom stereocenters. The van der Waals surface area contributed by atoms with Crippen LogP contribution >= 0.6 is 11.6 Å². The monoisotopic (exact) mass is 698 g/mol. The van der Waals surface area contributed by atoms with Crippen molar-refractivity contribution in [2.75, 3.05) is 16.4 Å². The van der Waals surface area contributed by atoms with Crippen LogP contribution in [0.1, 0.15) is 42.4 Å². The number of nitrogens with zero attached hydrogens (tertiary/aromatic N) is 2. The van der Waals surface area contributed by atoms with Gasteiger partial charge in [0, 0.05) is 16.5 Å². The number of carbonyl (C=O) groups excluding carboxylic acids is 4. The molecule has 8 nitrogen and oxygen atoms in total. The van der Waals surface area contributed by atoms with Crippen molar-refractivity contribution < 1.29 is 29.0 Å². The van der Waals surface area contributed by atoms with Crippen molar-refractivity contribution in [1.82, 2.24) is 0 Å². The van der Waals surface area contributed by atoms with Gasteiger partial charge in [0.15, 0.2) is 11.5 Å². The Bertz CT molecular complexity index is 2150. The summed E-state index contributed by atoms with van der Waals surface area (Å²) in [6, 6.07) is 28.1. The lowest BCUT2D eigenvalue weighted by Crippen LogP contribution is -2.53. The molecule has 4 amide bonds. The molecule has 6 atom stereocenters. The second-order valence-corrected chi connectivity index (χ2v) is 14.0. The first kappa shape index (κ1) is 32.7. The Balaban J connectivity index is 1.35. The number of hydrogen-bond acceptors (Lipinski definition) is 6. The molecule has 2 aliphatic carbocycles. The number of phenolic OH excluding ortho intramolecular Hbond substituents is 1. The van der Waals surface area contributed by atoms with Crippen molar-refractivity contribution in [3.63, 3.8) is 0 Å². The number of para-hydroxylation sites is 1. The maximum Gasteiger partial charge on any atom is 0.246 e. The molecule has 1 saturated carbocycles. The minimum atomic E-state index is -1.51. The van der Waals surface area contributed by atoms with Gasteiger partial charge in [0.1, 0.15) is 0 Å². The zero-order chi connectivity index (χ0) is 35.6. The van der Waals surface area contributed by atoms with E-state index < -0.39 is 46.8 Å². The second-order valence-electron chi connectivity index (χ2n) is 13.5. The van der Waals surface area contributed by atoms with E-state index in [1.807, 2.05) is 43.3 Å². The lowest BCUT2D eigenvalue weighted by atomic mass is 9.49. The molecule has 3 fully saturated rings. The Morgan fingerprint density at radius 2 is 1.61 bits per heavy atom. The lowest BCUT2D eigenvalue weighted by Gasteiger charge is -2.50. The normalized spacial score (nSPS) is 26.8. The molecule has 2 heterocycles. The Hall–Kier alpha value is -5.47. The van der Waals surface area contributed by atoms with Crippen LogP contribution in [-0.2, 0) is 24.6 Å². The van der Waals surface area contributed by atoms with Gasteiger partial charge in [-0.15, -0.1) is 0 Å². The van der Waals surface area contributed by atoms with E-state index in [0.717, 1.165) is 11.1 Å². The van der Waals surface area contributed by atoms with Crippen LogP contribution in [0.15, 0.2) is 115 Å². The molecule has 0 spiro atoms. The predicted octanol–water partition coefficient (Wildman–Crippen LogP) is 7.45. The quantitative estimate of drug-likeness (QED) is 0.159. The molecule has 2 aliphatic heterocycles. The molecule has 2 saturated heterocycles. The van der Waals surface area contributed by atoms with Crippen LogP contribution < -0.4 is 14.5 Å². The largest absolute Gasteiger partial charge is 0.504 e. The topological polar surface area (TPSA) is 104 Å². The van der Waals surface area contributed by atoms with Crippen LogP contribution in [0.2, 0.25) is 5.02 Å². The number of imide groups is 2. The van der Waals surface area contributed by atoms with Crippen molar-refractivity contribution in [3.8, 4) is 11.5 Å². The highest BCUT2D eigenvalue weighted by Gasteiger charge is 2.70. The van der Waals surface area contributed by atoms with Gasteiger partial charge in [0.05, 0.1) is 41.2 Å². The van der Waals surface area contributed by atoms with Crippen LogP contribution in [0.25, 0.3) is 6.08 Å². The van der Waals surface area contributed by atoms with Gasteiger partial charge in [-0.1, -0.05) is 96.6 Å². The number of ether oxygens (including phenoxy) is 1. The number of amides is 4. The van der Waals surface area contributed by atoms with Crippen molar-refractivity contribution in [2.45, 2.75) is 31.1 Å². The number of benzene rings is 4. The Morgan fingerprint density at radius 3 is 2.31 bits per heavy atom. The third-order valence-corrected chi connectivity index (χ3v) is 11.4. The number of phenols is 1. The second kappa shape index (κ2) is 12.4. The summed E-state index contributed by atoms with van der Waals surface area (Å²) in [5, 5.41) is 12.3. The molecular formula is C42H35ClN2O6. The van der Waals surface area contributed by atoms with E-state index in [9.17, 15) is 19.5 Å². The highest BCUT2D eigenvalue weighted by Crippen LogP contribution is 2.65. The number of halogens is 1. The summed E-state index contributed by atoms with van der Waals surface area (Å²) in [7, 11) is 0. The van der Waals surface area contributed by atoms with Gasteiger partial charge < -0.3 is 9.84 Å². The third kappa shape index (κ3) is 4.73. The van der Waals surface area contributed by atoms with Crippen molar-refractivity contribution >= 4 is 52.7 Å². The molecule has 4 aromatic carbocycles. The summed E-state index contributed by atoms with van der Waals surface area (Å²) < 4.78 is 5.83. The van der Waals surface area contributed by atoms with E-state index in [1.165, 1.54) is 9.80 Å². The van der Waals surface area contributed by atoms with E-state index in [1.54, 1.807) is 72.8 Å². The minimum Gasteiger partial charge on any atom is -0.504 e.